The number of nitrogens with two attached hydrogens (primary N) is 1. The Morgan fingerprint density at radius 2 is 2.35 bits per heavy atom. The summed E-state index contributed by atoms with van der Waals surface area (Å²) >= 11 is 0. The number of amides is 1. The first-order valence-corrected chi connectivity index (χ1v) is 5.73. The van der Waals surface area contributed by atoms with Crippen LogP contribution in [0, 0.1) is 11.7 Å². The van der Waals surface area contributed by atoms with Gasteiger partial charge in [0.25, 0.3) is 0 Å². The van der Waals surface area contributed by atoms with Crippen LogP contribution < -0.4 is 16.4 Å². The third kappa shape index (κ3) is 2.94. The lowest BCUT2D eigenvalue weighted by atomic mass is 9.99. The van der Waals surface area contributed by atoms with Gasteiger partial charge in [-0.1, -0.05) is 0 Å². The summed E-state index contributed by atoms with van der Waals surface area (Å²) in [6.07, 6.45) is 1.87. The van der Waals surface area contributed by atoms with Gasteiger partial charge in [0.15, 0.2) is 0 Å². The van der Waals surface area contributed by atoms with Gasteiger partial charge in [0.05, 0.1) is 17.3 Å². The van der Waals surface area contributed by atoms with Gasteiger partial charge in [0.1, 0.15) is 5.82 Å². The van der Waals surface area contributed by atoms with Crippen molar-refractivity contribution in [3.8, 4) is 0 Å². The quantitative estimate of drug-likeness (QED) is 0.680. The Labute approximate surface area is 99.4 Å². The fourth-order valence-electron chi connectivity index (χ4n) is 1.96. The Hall–Kier alpha value is -1.62. The monoisotopic (exact) mass is 237 g/mol. The number of hydrogen-bond acceptors (Lipinski definition) is 3. The predicted molar refractivity (Wildman–Crippen MR) is 65.0 cm³/mol. The molecular formula is C12H16FN3O. The lowest BCUT2D eigenvalue weighted by Gasteiger charge is -2.22. The number of nitrogen functional groups attached to an aromatic ring is 1. The second-order valence-electron chi connectivity index (χ2n) is 4.26. The number of nitrogens with one attached hydrogen (secondary N) is 2. The van der Waals surface area contributed by atoms with Crippen LogP contribution in [0.25, 0.3) is 0 Å². The fraction of sp³-hybridized carbons (Fsp3) is 0.417. The molecule has 1 fully saturated rings. The van der Waals surface area contributed by atoms with Crippen molar-refractivity contribution in [1.29, 1.82) is 0 Å². The molecule has 1 aromatic rings. The summed E-state index contributed by atoms with van der Waals surface area (Å²) in [4.78, 5) is 11.9. The molecule has 1 saturated heterocycles. The van der Waals surface area contributed by atoms with Crippen molar-refractivity contribution in [1.82, 2.24) is 5.32 Å². The molecule has 1 aliphatic rings. The van der Waals surface area contributed by atoms with Crippen LogP contribution in [0.3, 0.4) is 0 Å². The van der Waals surface area contributed by atoms with E-state index in [0.29, 0.717) is 12.2 Å². The average molecular weight is 237 g/mol. The van der Waals surface area contributed by atoms with Crippen LogP contribution in [0.2, 0.25) is 0 Å². The number of carbonyl (C=O) groups is 1. The highest BCUT2D eigenvalue weighted by atomic mass is 19.1. The highest BCUT2D eigenvalue weighted by molar-refractivity contribution is 5.95. The molecule has 4 nitrogen and oxygen atoms in total. The summed E-state index contributed by atoms with van der Waals surface area (Å²) in [6, 6.07) is 3.97. The average Bonchev–Trinajstić information content (AvgIpc) is 2.34. The lowest BCUT2D eigenvalue weighted by Crippen LogP contribution is -2.37. The number of halogens is 1. The van der Waals surface area contributed by atoms with Crippen LogP contribution in [-0.4, -0.2) is 19.0 Å². The summed E-state index contributed by atoms with van der Waals surface area (Å²) in [6.45, 7) is 1.65. The van der Waals surface area contributed by atoms with E-state index in [1.165, 1.54) is 18.2 Å². The van der Waals surface area contributed by atoms with Gasteiger partial charge in [-0.2, -0.15) is 0 Å². The minimum atomic E-state index is -0.403. The summed E-state index contributed by atoms with van der Waals surface area (Å²) in [5.41, 5.74) is 6.35. The molecule has 0 spiro atoms. The topological polar surface area (TPSA) is 67.1 Å². The molecule has 17 heavy (non-hydrogen) atoms. The van der Waals surface area contributed by atoms with E-state index in [-0.39, 0.29) is 17.5 Å². The highest BCUT2D eigenvalue weighted by Crippen LogP contribution is 2.21. The zero-order valence-electron chi connectivity index (χ0n) is 9.50. The summed E-state index contributed by atoms with van der Waals surface area (Å²) in [5.74, 6) is -0.497. The Balaban J connectivity index is 2.02. The van der Waals surface area contributed by atoms with Crippen molar-refractivity contribution in [2.75, 3.05) is 24.1 Å². The molecule has 2 rings (SSSR count). The van der Waals surface area contributed by atoms with Crippen molar-refractivity contribution < 1.29 is 9.18 Å². The second kappa shape index (κ2) is 5.14. The number of rotatable bonds is 2. The largest absolute Gasteiger partial charge is 0.397 e. The fourth-order valence-corrected chi connectivity index (χ4v) is 1.96. The van der Waals surface area contributed by atoms with Crippen molar-refractivity contribution >= 4 is 17.3 Å². The number of piperidine rings is 1. The minimum absolute atomic E-state index is 0.0341. The number of carbonyl (C=O) groups excluding carboxylic acids is 1. The summed E-state index contributed by atoms with van der Waals surface area (Å²) in [5, 5.41) is 5.91. The molecule has 4 N–H and O–H groups in total. The zero-order chi connectivity index (χ0) is 12.3. The zero-order valence-corrected chi connectivity index (χ0v) is 9.50. The lowest BCUT2D eigenvalue weighted by molar-refractivity contribution is -0.120. The van der Waals surface area contributed by atoms with Gasteiger partial charge in [-0.05, 0) is 37.6 Å². The van der Waals surface area contributed by atoms with E-state index >= 15 is 0 Å². The molecule has 0 radical (unpaired) electrons. The van der Waals surface area contributed by atoms with Crippen molar-refractivity contribution in [3.05, 3.63) is 24.0 Å². The Kier molecular flexibility index (Phi) is 3.58. The minimum Gasteiger partial charge on any atom is -0.397 e. The van der Waals surface area contributed by atoms with Gasteiger partial charge < -0.3 is 16.4 Å². The van der Waals surface area contributed by atoms with E-state index in [4.69, 9.17) is 5.73 Å². The predicted octanol–water partition coefficient (Wildman–Crippen LogP) is 1.35. The molecule has 0 bridgehead atoms. The SMILES string of the molecule is Nc1cc(F)ccc1NC(=O)C1CCCNC1. The van der Waals surface area contributed by atoms with Crippen LogP contribution in [0.5, 0.6) is 0 Å². The molecule has 0 aliphatic carbocycles. The number of anilines is 2. The molecule has 1 unspecified atom stereocenters. The van der Waals surface area contributed by atoms with Crippen molar-refractivity contribution in [2.24, 2.45) is 5.92 Å². The van der Waals surface area contributed by atoms with E-state index in [2.05, 4.69) is 10.6 Å². The first-order valence-electron chi connectivity index (χ1n) is 5.73. The van der Waals surface area contributed by atoms with Crippen molar-refractivity contribution in [3.63, 3.8) is 0 Å². The van der Waals surface area contributed by atoms with Crippen molar-refractivity contribution in [2.45, 2.75) is 12.8 Å². The number of benzene rings is 1. The normalized spacial score (nSPS) is 19.9. The maximum absolute atomic E-state index is 12.8. The summed E-state index contributed by atoms with van der Waals surface area (Å²) < 4.78 is 12.8. The third-order valence-corrected chi connectivity index (χ3v) is 2.94. The van der Waals surface area contributed by atoms with Gasteiger partial charge in [-0.3, -0.25) is 4.79 Å². The Morgan fingerprint density at radius 3 is 3.00 bits per heavy atom. The maximum atomic E-state index is 12.8. The molecule has 1 amide bonds. The molecule has 0 aromatic heterocycles. The van der Waals surface area contributed by atoms with E-state index in [0.717, 1.165) is 19.4 Å². The first kappa shape index (κ1) is 11.9. The van der Waals surface area contributed by atoms with Gasteiger partial charge in [0.2, 0.25) is 5.91 Å². The Morgan fingerprint density at radius 1 is 1.53 bits per heavy atom. The molecule has 1 aromatic carbocycles. The molecule has 92 valence electrons. The molecule has 1 atom stereocenters. The van der Waals surface area contributed by atoms with Gasteiger partial charge in [0, 0.05) is 6.54 Å². The van der Waals surface area contributed by atoms with Crippen LogP contribution in [0.15, 0.2) is 18.2 Å². The van der Waals surface area contributed by atoms with Crippen LogP contribution in [0.1, 0.15) is 12.8 Å². The molecule has 5 heteroatoms. The molecule has 0 saturated carbocycles. The van der Waals surface area contributed by atoms with Gasteiger partial charge in [-0.15, -0.1) is 0 Å². The third-order valence-electron chi connectivity index (χ3n) is 2.94. The van der Waals surface area contributed by atoms with Gasteiger partial charge in [-0.25, -0.2) is 4.39 Å². The maximum Gasteiger partial charge on any atom is 0.228 e. The van der Waals surface area contributed by atoms with Gasteiger partial charge >= 0.3 is 0 Å². The van der Waals surface area contributed by atoms with E-state index in [1.54, 1.807) is 0 Å². The molecular weight excluding hydrogens is 221 g/mol. The number of hydrogen-bond donors (Lipinski definition) is 3. The van der Waals surface area contributed by atoms with Crippen LogP contribution in [-0.2, 0) is 4.79 Å². The smallest absolute Gasteiger partial charge is 0.228 e. The second-order valence-corrected chi connectivity index (χ2v) is 4.26. The highest BCUT2D eigenvalue weighted by Gasteiger charge is 2.21. The van der Waals surface area contributed by atoms with E-state index < -0.39 is 5.82 Å². The van der Waals surface area contributed by atoms with Crippen LogP contribution >= 0.6 is 0 Å². The molecule has 1 aliphatic heterocycles. The Bertz CT molecular complexity index is 416. The first-order chi connectivity index (χ1) is 8.16. The standard InChI is InChI=1S/C12H16FN3O/c13-9-3-4-11(10(14)6-9)16-12(17)8-2-1-5-15-7-8/h3-4,6,8,15H,1-2,5,7,14H2,(H,16,17). The summed E-state index contributed by atoms with van der Waals surface area (Å²) in [7, 11) is 0. The van der Waals surface area contributed by atoms with E-state index in [9.17, 15) is 9.18 Å². The van der Waals surface area contributed by atoms with E-state index in [1.807, 2.05) is 0 Å². The van der Waals surface area contributed by atoms with Crippen LogP contribution in [0.4, 0.5) is 15.8 Å². The molecule has 1 heterocycles.